The molecule has 0 atom stereocenters. The number of anilines is 1. The number of para-hydroxylation sites is 1. The van der Waals surface area contributed by atoms with E-state index in [0.29, 0.717) is 11.5 Å². The van der Waals surface area contributed by atoms with E-state index >= 15 is 0 Å². The molecule has 1 aromatic carbocycles. The Hall–Kier alpha value is -1.26. The molecule has 0 heterocycles. The number of hydrazine groups is 1. The van der Waals surface area contributed by atoms with Gasteiger partial charge in [0, 0.05) is 0 Å². The molecule has 3 N–H and O–H groups in total. The van der Waals surface area contributed by atoms with Crippen molar-refractivity contribution in [2.75, 3.05) is 5.43 Å². The maximum Gasteiger partial charge on any atom is 0.293 e. The van der Waals surface area contributed by atoms with Gasteiger partial charge in [0.05, 0.1) is 10.7 Å². The van der Waals surface area contributed by atoms with Crippen LogP contribution < -0.4 is 11.3 Å². The van der Waals surface area contributed by atoms with Crippen LogP contribution in [0.3, 0.4) is 0 Å². The van der Waals surface area contributed by atoms with Gasteiger partial charge in [-0.05, 0) is 32.9 Å². The lowest BCUT2D eigenvalue weighted by Crippen LogP contribution is -2.17. The van der Waals surface area contributed by atoms with Crippen LogP contribution in [-0.4, -0.2) is 12.1 Å². The summed E-state index contributed by atoms with van der Waals surface area (Å²) in [7, 11) is 0. The fraction of sp³-hybridized carbons (Fsp3) is 0.364. The Morgan fingerprint density at radius 3 is 2.19 bits per heavy atom. The third kappa shape index (κ3) is 7.09. The summed E-state index contributed by atoms with van der Waals surface area (Å²) in [4.78, 5) is 9.60. The molecule has 0 unspecified atom stereocenters. The number of rotatable bonds is 2. The second-order valence-corrected chi connectivity index (χ2v) is 4.36. The first-order valence-electron chi connectivity index (χ1n) is 4.73. The molecular weight excluding hydrogens is 228 g/mol. The smallest absolute Gasteiger partial charge is 0.293 e. The lowest BCUT2D eigenvalue weighted by atomic mass is 10.2. The first-order chi connectivity index (χ1) is 7.40. The van der Waals surface area contributed by atoms with E-state index in [4.69, 9.17) is 17.4 Å². The topological polar surface area (TPSA) is 64.3 Å². The van der Waals surface area contributed by atoms with Crippen LogP contribution in [0, 0.1) is 0 Å². The van der Waals surface area contributed by atoms with Gasteiger partial charge < -0.3 is 10.2 Å². The number of nitrogens with two attached hydrogens (primary N) is 1. The minimum absolute atomic E-state index is 0.318. The average molecular weight is 245 g/mol. The molecule has 5 heteroatoms. The lowest BCUT2D eigenvalue weighted by Gasteiger charge is -2.14. The van der Waals surface area contributed by atoms with Crippen molar-refractivity contribution in [3.63, 3.8) is 0 Å². The number of halogens is 1. The van der Waals surface area contributed by atoms with Crippen molar-refractivity contribution in [1.29, 1.82) is 0 Å². The predicted molar refractivity (Wildman–Crippen MR) is 66.2 cm³/mol. The zero-order chi connectivity index (χ0) is 12.6. The largest absolute Gasteiger partial charge is 0.462 e. The Bertz CT molecular complexity index is 324. The maximum atomic E-state index is 9.60. The van der Waals surface area contributed by atoms with Crippen molar-refractivity contribution >= 4 is 23.8 Å². The average Bonchev–Trinajstić information content (AvgIpc) is 2.17. The van der Waals surface area contributed by atoms with Crippen LogP contribution in [0.1, 0.15) is 20.8 Å². The summed E-state index contributed by atoms with van der Waals surface area (Å²) in [6.07, 6.45) is 0. The molecule has 0 aromatic heterocycles. The Morgan fingerprint density at radius 2 is 1.94 bits per heavy atom. The molecule has 0 spiro atoms. The van der Waals surface area contributed by atoms with Gasteiger partial charge in [0.2, 0.25) is 0 Å². The minimum Gasteiger partial charge on any atom is -0.462 e. The molecule has 0 saturated heterocycles. The van der Waals surface area contributed by atoms with E-state index in [1.54, 1.807) is 6.07 Å². The number of ether oxygens (including phenoxy) is 1. The maximum absolute atomic E-state index is 9.60. The van der Waals surface area contributed by atoms with E-state index < -0.39 is 0 Å². The normalized spacial score (nSPS) is 9.81. The van der Waals surface area contributed by atoms with Crippen molar-refractivity contribution in [3.8, 4) is 0 Å². The molecule has 1 rings (SSSR count). The first kappa shape index (κ1) is 14.7. The van der Waals surface area contributed by atoms with Gasteiger partial charge in [0.15, 0.2) is 0 Å². The number of nitrogen functional groups attached to an aromatic ring is 1. The van der Waals surface area contributed by atoms with Crippen molar-refractivity contribution in [1.82, 2.24) is 0 Å². The number of carbonyl (C=O) groups is 1. The van der Waals surface area contributed by atoms with Gasteiger partial charge in [-0.2, -0.15) is 0 Å². The van der Waals surface area contributed by atoms with E-state index in [-0.39, 0.29) is 5.60 Å². The Kier molecular flexibility index (Phi) is 6.53. The molecule has 16 heavy (non-hydrogen) atoms. The van der Waals surface area contributed by atoms with Crippen molar-refractivity contribution in [3.05, 3.63) is 29.3 Å². The van der Waals surface area contributed by atoms with Crippen molar-refractivity contribution < 1.29 is 9.53 Å². The molecular formula is C11H17ClN2O2. The van der Waals surface area contributed by atoms with Crippen LogP contribution in [0.2, 0.25) is 5.02 Å². The molecule has 0 saturated carbocycles. The molecule has 0 aliphatic carbocycles. The summed E-state index contributed by atoms with van der Waals surface area (Å²) < 4.78 is 4.55. The van der Waals surface area contributed by atoms with Crippen LogP contribution in [0.25, 0.3) is 0 Å². The van der Waals surface area contributed by atoms with Crippen molar-refractivity contribution in [2.45, 2.75) is 26.4 Å². The zero-order valence-electron chi connectivity index (χ0n) is 9.66. The quantitative estimate of drug-likeness (QED) is 0.477. The standard InChI is InChI=1S/C6H7ClN2.C5H10O2/c7-5-3-1-2-4-6(5)9-8;1-5(2,3)7-4-6/h1-4,9H,8H2;4H,1-3H3. The van der Waals surface area contributed by atoms with Gasteiger partial charge in [-0.25, -0.2) is 0 Å². The van der Waals surface area contributed by atoms with E-state index in [2.05, 4.69) is 10.2 Å². The SMILES string of the molecule is CC(C)(C)OC=O.NNc1ccccc1Cl. The highest BCUT2D eigenvalue weighted by atomic mass is 35.5. The molecule has 0 aliphatic rings. The van der Waals surface area contributed by atoms with Gasteiger partial charge in [-0.15, -0.1) is 0 Å². The summed E-state index contributed by atoms with van der Waals surface area (Å²) in [5.74, 6) is 5.12. The van der Waals surface area contributed by atoms with Crippen LogP contribution in [0.4, 0.5) is 5.69 Å². The lowest BCUT2D eigenvalue weighted by molar-refractivity contribution is -0.138. The van der Waals surface area contributed by atoms with Gasteiger partial charge in [0.25, 0.3) is 6.47 Å². The monoisotopic (exact) mass is 244 g/mol. The van der Waals surface area contributed by atoms with E-state index in [1.165, 1.54) is 0 Å². The third-order valence-corrected chi connectivity index (χ3v) is 1.76. The number of carbonyl (C=O) groups excluding carboxylic acids is 1. The highest BCUT2D eigenvalue weighted by molar-refractivity contribution is 6.33. The molecule has 0 fully saturated rings. The number of nitrogens with one attached hydrogen (secondary N) is 1. The van der Waals surface area contributed by atoms with Gasteiger partial charge in [-0.3, -0.25) is 10.6 Å². The second kappa shape index (κ2) is 7.09. The summed E-state index contributed by atoms with van der Waals surface area (Å²) in [6, 6.07) is 7.29. The molecule has 0 bridgehead atoms. The molecule has 4 nitrogen and oxygen atoms in total. The summed E-state index contributed by atoms with van der Waals surface area (Å²) in [6.45, 7) is 5.92. The van der Waals surface area contributed by atoms with Crippen LogP contribution >= 0.6 is 11.6 Å². The Morgan fingerprint density at radius 1 is 1.38 bits per heavy atom. The van der Waals surface area contributed by atoms with E-state index in [0.717, 1.165) is 5.69 Å². The molecule has 0 amide bonds. The zero-order valence-corrected chi connectivity index (χ0v) is 10.4. The van der Waals surface area contributed by atoms with Gasteiger partial charge >= 0.3 is 0 Å². The van der Waals surface area contributed by atoms with E-state index in [9.17, 15) is 4.79 Å². The molecule has 1 aromatic rings. The third-order valence-electron chi connectivity index (χ3n) is 1.43. The highest BCUT2D eigenvalue weighted by Crippen LogP contribution is 2.18. The number of hydrogen-bond acceptors (Lipinski definition) is 4. The number of hydrogen-bond donors (Lipinski definition) is 2. The summed E-state index contributed by atoms with van der Waals surface area (Å²) >= 11 is 5.68. The van der Waals surface area contributed by atoms with Gasteiger partial charge in [0.1, 0.15) is 5.60 Å². The second-order valence-electron chi connectivity index (χ2n) is 3.95. The van der Waals surface area contributed by atoms with Crippen LogP contribution in [0.15, 0.2) is 24.3 Å². The Labute approximate surface area is 101 Å². The fourth-order valence-corrected chi connectivity index (χ4v) is 0.913. The van der Waals surface area contributed by atoms with E-state index in [1.807, 2.05) is 39.0 Å². The molecule has 0 radical (unpaired) electrons. The fourth-order valence-electron chi connectivity index (χ4n) is 0.723. The van der Waals surface area contributed by atoms with Gasteiger partial charge in [-0.1, -0.05) is 23.7 Å². The molecule has 0 aliphatic heterocycles. The van der Waals surface area contributed by atoms with Crippen LogP contribution in [-0.2, 0) is 9.53 Å². The Balaban J connectivity index is 0.000000293. The summed E-state index contributed by atoms with van der Waals surface area (Å²) in [5, 5.41) is 0.639. The number of benzene rings is 1. The van der Waals surface area contributed by atoms with Crippen molar-refractivity contribution in [2.24, 2.45) is 5.84 Å². The van der Waals surface area contributed by atoms with Crippen LogP contribution in [0.5, 0.6) is 0 Å². The highest BCUT2D eigenvalue weighted by Gasteiger charge is 2.07. The minimum atomic E-state index is -0.318. The molecule has 90 valence electrons. The summed E-state index contributed by atoms with van der Waals surface area (Å²) in [5.41, 5.74) is 2.89. The first-order valence-corrected chi connectivity index (χ1v) is 5.11. The predicted octanol–water partition coefficient (Wildman–Crippen LogP) is 2.58.